The quantitative estimate of drug-likeness (QED) is 0.204. The Hall–Kier alpha value is -4.65. The number of amides is 4. The topological polar surface area (TPSA) is 123 Å². The lowest BCUT2D eigenvalue weighted by molar-refractivity contribution is -0.128. The van der Waals surface area contributed by atoms with Crippen molar-refractivity contribution in [2.75, 3.05) is 26.0 Å². The summed E-state index contributed by atoms with van der Waals surface area (Å²) in [5.74, 6) is -0.994. The summed E-state index contributed by atoms with van der Waals surface area (Å²) >= 11 is 0. The fourth-order valence-corrected chi connectivity index (χ4v) is 3.81. The van der Waals surface area contributed by atoms with Crippen LogP contribution in [0.5, 0.6) is 0 Å². The van der Waals surface area contributed by atoms with Crippen LogP contribution in [0.2, 0.25) is 0 Å². The number of carbonyl (C=O) groups is 4. The van der Waals surface area contributed by atoms with E-state index in [2.05, 4.69) is 33.8 Å². The molecule has 10 heteroatoms. The van der Waals surface area contributed by atoms with Crippen molar-refractivity contribution >= 4 is 41.0 Å². The van der Waals surface area contributed by atoms with Gasteiger partial charge in [0, 0.05) is 62.3 Å². The molecule has 0 fully saturated rings. The van der Waals surface area contributed by atoms with Crippen LogP contribution in [0, 0.1) is 32.5 Å². The van der Waals surface area contributed by atoms with E-state index in [4.69, 9.17) is 0 Å². The lowest BCUT2D eigenvalue weighted by atomic mass is 10.0. The lowest BCUT2D eigenvalue weighted by Gasteiger charge is -2.10. The van der Waals surface area contributed by atoms with Crippen molar-refractivity contribution in [1.29, 1.82) is 0 Å². The molecular weight excluding hydrogens is 537 g/mol. The van der Waals surface area contributed by atoms with E-state index in [9.17, 15) is 23.6 Å². The van der Waals surface area contributed by atoms with Gasteiger partial charge in [0.05, 0.1) is 11.1 Å². The first kappa shape index (κ1) is 37.4. The molecule has 2 heterocycles. The molecule has 1 aromatic heterocycles. The van der Waals surface area contributed by atoms with E-state index in [-0.39, 0.29) is 23.6 Å². The number of rotatable bonds is 7. The van der Waals surface area contributed by atoms with Gasteiger partial charge in [-0.15, -0.1) is 12.8 Å². The van der Waals surface area contributed by atoms with Gasteiger partial charge in [-0.05, 0) is 64.0 Å². The Morgan fingerprint density at radius 2 is 1.71 bits per heavy atom. The molecule has 0 bridgehead atoms. The maximum absolute atomic E-state index is 13.6. The maximum Gasteiger partial charge on any atom is 0.256 e. The minimum Gasteiger partial charge on any atom is -0.358 e. The zero-order chi connectivity index (χ0) is 32.6. The molecule has 1 aliphatic heterocycles. The first-order chi connectivity index (χ1) is 19.8. The Bertz CT molecular complexity index is 1340. The largest absolute Gasteiger partial charge is 0.358 e. The number of H-pyrrole nitrogens is 1. The summed E-state index contributed by atoms with van der Waals surface area (Å²) in [4.78, 5) is 51.5. The van der Waals surface area contributed by atoms with Gasteiger partial charge >= 0.3 is 0 Å². The zero-order valence-electron chi connectivity index (χ0n) is 26.1. The number of hydrogen-bond donors (Lipinski definition) is 4. The minimum atomic E-state index is -0.427. The van der Waals surface area contributed by atoms with Crippen LogP contribution in [-0.2, 0) is 14.4 Å². The molecule has 2 aromatic rings. The van der Waals surface area contributed by atoms with Crippen molar-refractivity contribution in [3.8, 4) is 12.8 Å². The van der Waals surface area contributed by atoms with Gasteiger partial charge in [0.2, 0.25) is 11.8 Å². The van der Waals surface area contributed by atoms with Gasteiger partial charge in [-0.1, -0.05) is 19.9 Å². The number of benzene rings is 1. The molecule has 3 rings (SSSR count). The van der Waals surface area contributed by atoms with Crippen molar-refractivity contribution in [3.05, 3.63) is 63.9 Å². The second-order valence-corrected chi connectivity index (χ2v) is 9.17. The number of aromatic nitrogens is 1. The molecule has 0 saturated carbocycles. The average Bonchev–Trinajstić information content (AvgIpc) is 3.42. The number of aryl methyl sites for hydroxylation is 1. The molecule has 0 aliphatic carbocycles. The normalized spacial score (nSPS) is 12.2. The van der Waals surface area contributed by atoms with Crippen LogP contribution in [0.25, 0.3) is 11.6 Å². The van der Waals surface area contributed by atoms with Gasteiger partial charge in [0.25, 0.3) is 11.8 Å². The van der Waals surface area contributed by atoms with Gasteiger partial charge in [-0.2, -0.15) is 0 Å². The smallest absolute Gasteiger partial charge is 0.256 e. The highest BCUT2D eigenvalue weighted by Crippen LogP contribution is 2.34. The molecule has 0 unspecified atom stereocenters. The molecule has 4 amide bonds. The molecule has 0 spiro atoms. The highest BCUT2D eigenvalue weighted by atomic mass is 19.1. The standard InChI is InChI=1S/C22H25FN4O3.C6H11NO.C2H6.C2H2/c1-12-18(11-16-15-10-14(23)7-8-17(15)26-21(16)29)25-13(2)20(12)22(30)24-9-5-6-19(28)27(3)4;1-4-5(2)7-6(3)8;2*1-2/h7-8,10-11,25H,5-6,9H2,1-4H3,(H,24,30)(H,26,29);4H,1-3H3,(H,7,8);1-2H3;1-2H/b16-11-;5-4+;;. The van der Waals surface area contributed by atoms with Crippen molar-refractivity contribution in [2.45, 2.75) is 61.3 Å². The van der Waals surface area contributed by atoms with Crippen molar-refractivity contribution < 1.29 is 23.6 Å². The predicted molar refractivity (Wildman–Crippen MR) is 168 cm³/mol. The monoisotopic (exact) mass is 581 g/mol. The van der Waals surface area contributed by atoms with Gasteiger partial charge in [-0.25, -0.2) is 4.39 Å². The molecule has 1 aromatic carbocycles. The fourth-order valence-electron chi connectivity index (χ4n) is 3.81. The third-order valence-corrected chi connectivity index (χ3v) is 5.91. The van der Waals surface area contributed by atoms with Gasteiger partial charge < -0.3 is 25.8 Å². The Balaban J connectivity index is 0.00000120. The summed E-state index contributed by atoms with van der Waals surface area (Å²) in [7, 11) is 3.39. The van der Waals surface area contributed by atoms with Crippen LogP contribution >= 0.6 is 0 Å². The first-order valence-electron chi connectivity index (χ1n) is 13.6. The minimum absolute atomic E-state index is 0.0127. The number of anilines is 1. The molecule has 42 heavy (non-hydrogen) atoms. The molecule has 228 valence electrons. The third kappa shape index (κ3) is 11.1. The lowest BCUT2D eigenvalue weighted by Crippen LogP contribution is -2.27. The molecule has 0 saturated heterocycles. The second kappa shape index (κ2) is 18.7. The number of allylic oxidation sites excluding steroid dienone is 2. The second-order valence-electron chi connectivity index (χ2n) is 9.17. The first-order valence-corrected chi connectivity index (χ1v) is 13.6. The van der Waals surface area contributed by atoms with Crippen molar-refractivity contribution in [3.63, 3.8) is 0 Å². The van der Waals surface area contributed by atoms with E-state index >= 15 is 0 Å². The SMILES string of the molecule is C#C.C/C=C(\C)NC(C)=O.CC.Cc1[nH]c(/C=C2\C(=O)Nc3ccc(F)cc32)c(C)c1C(=O)NCCCC(=O)N(C)C. The zero-order valence-corrected chi connectivity index (χ0v) is 26.1. The van der Waals surface area contributed by atoms with E-state index in [1.54, 1.807) is 34.0 Å². The number of fused-ring (bicyclic) bond motifs is 1. The number of aromatic amines is 1. The summed E-state index contributed by atoms with van der Waals surface area (Å²) in [6, 6.07) is 4.13. The van der Waals surface area contributed by atoms with Crippen LogP contribution < -0.4 is 16.0 Å². The summed E-state index contributed by atoms with van der Waals surface area (Å²) in [5.41, 5.74) is 4.75. The molecular formula is C32H44FN5O4. The summed E-state index contributed by atoms with van der Waals surface area (Å²) in [5, 5.41) is 8.16. The van der Waals surface area contributed by atoms with Gasteiger partial charge in [-0.3, -0.25) is 19.2 Å². The van der Waals surface area contributed by atoms with E-state index in [1.165, 1.54) is 30.0 Å². The van der Waals surface area contributed by atoms with Gasteiger partial charge in [0.15, 0.2) is 0 Å². The van der Waals surface area contributed by atoms with Crippen LogP contribution in [-0.4, -0.2) is 54.2 Å². The van der Waals surface area contributed by atoms with E-state index in [1.807, 2.05) is 33.8 Å². The van der Waals surface area contributed by atoms with Crippen LogP contribution in [0.4, 0.5) is 10.1 Å². The Morgan fingerprint density at radius 1 is 1.10 bits per heavy atom. The number of nitrogens with one attached hydrogen (secondary N) is 4. The number of hydrogen-bond acceptors (Lipinski definition) is 4. The summed E-state index contributed by atoms with van der Waals surface area (Å²) in [6.07, 6.45) is 12.4. The summed E-state index contributed by atoms with van der Waals surface area (Å²) < 4.78 is 13.6. The van der Waals surface area contributed by atoms with E-state index in [0.29, 0.717) is 58.7 Å². The predicted octanol–water partition coefficient (Wildman–Crippen LogP) is 5.18. The third-order valence-electron chi connectivity index (χ3n) is 5.91. The summed E-state index contributed by atoms with van der Waals surface area (Å²) in [6.45, 7) is 13.2. The highest BCUT2D eigenvalue weighted by Gasteiger charge is 2.26. The molecule has 9 nitrogen and oxygen atoms in total. The van der Waals surface area contributed by atoms with E-state index < -0.39 is 5.82 Å². The van der Waals surface area contributed by atoms with Crippen molar-refractivity contribution in [1.82, 2.24) is 20.5 Å². The molecule has 0 radical (unpaired) electrons. The van der Waals surface area contributed by atoms with Crippen molar-refractivity contribution in [2.24, 2.45) is 0 Å². The van der Waals surface area contributed by atoms with Crippen LogP contribution in [0.1, 0.15) is 80.3 Å². The maximum atomic E-state index is 13.6. The average molecular weight is 582 g/mol. The number of carbonyl (C=O) groups excluding carboxylic acids is 4. The van der Waals surface area contributed by atoms with Crippen LogP contribution in [0.15, 0.2) is 30.0 Å². The Kier molecular flexibility index (Phi) is 16.6. The number of nitrogens with zero attached hydrogens (tertiary/aromatic N) is 1. The van der Waals surface area contributed by atoms with Crippen LogP contribution in [0.3, 0.4) is 0 Å². The molecule has 4 N–H and O–H groups in total. The number of terminal acetylenes is 1. The van der Waals surface area contributed by atoms with E-state index in [0.717, 1.165) is 5.70 Å². The Morgan fingerprint density at radius 3 is 2.24 bits per heavy atom. The molecule has 0 atom stereocenters. The Labute approximate surface area is 249 Å². The number of halogens is 1. The fraction of sp³-hybridized carbons (Fsp3) is 0.375. The molecule has 1 aliphatic rings. The van der Waals surface area contributed by atoms with Gasteiger partial charge in [0.1, 0.15) is 5.82 Å². The highest BCUT2D eigenvalue weighted by molar-refractivity contribution is 6.34.